The van der Waals surface area contributed by atoms with Gasteiger partial charge in [-0.2, -0.15) is 0 Å². The normalized spacial score (nSPS) is 11.2. The van der Waals surface area contributed by atoms with Crippen LogP contribution in [0.3, 0.4) is 0 Å². The van der Waals surface area contributed by atoms with Gasteiger partial charge >= 0.3 is 0 Å². The Hall–Kier alpha value is -1.97. The number of rotatable bonds is 4. The fourth-order valence-electron chi connectivity index (χ4n) is 1.79. The molecule has 2 aromatic rings. The maximum absolute atomic E-state index is 12.2. The molecule has 19 heavy (non-hydrogen) atoms. The van der Waals surface area contributed by atoms with Crippen molar-refractivity contribution < 1.29 is 8.42 Å². The second kappa shape index (κ2) is 5.34. The van der Waals surface area contributed by atoms with Crippen LogP contribution in [0.25, 0.3) is 10.9 Å². The maximum Gasteiger partial charge on any atom is 0.242 e. The van der Waals surface area contributed by atoms with Crippen LogP contribution in [0.5, 0.6) is 0 Å². The molecule has 1 heterocycles. The molecule has 0 spiro atoms. The standard InChI is InChI=1S/C13H15N3O2S/c1-2-3-4-7-16-19(17,18)13-9-15-12-6-5-10(14)8-11(12)13/h5-6,8-9,15-16H,4,7,14H2,1H3. The first-order valence-corrected chi connectivity index (χ1v) is 7.29. The van der Waals surface area contributed by atoms with Crippen LogP contribution in [0.15, 0.2) is 29.3 Å². The minimum absolute atomic E-state index is 0.208. The van der Waals surface area contributed by atoms with E-state index in [4.69, 9.17) is 5.73 Å². The number of nitrogens with one attached hydrogen (secondary N) is 2. The molecular weight excluding hydrogens is 262 g/mol. The lowest BCUT2D eigenvalue weighted by atomic mass is 10.2. The van der Waals surface area contributed by atoms with E-state index >= 15 is 0 Å². The van der Waals surface area contributed by atoms with Gasteiger partial charge in [0.15, 0.2) is 0 Å². The van der Waals surface area contributed by atoms with Crippen LogP contribution in [0.1, 0.15) is 13.3 Å². The Bertz CT molecular complexity index is 751. The molecule has 0 unspecified atom stereocenters. The molecule has 5 nitrogen and oxygen atoms in total. The smallest absolute Gasteiger partial charge is 0.242 e. The minimum Gasteiger partial charge on any atom is -0.399 e. The second-order valence-electron chi connectivity index (χ2n) is 4.03. The molecule has 2 rings (SSSR count). The lowest BCUT2D eigenvalue weighted by Crippen LogP contribution is -2.24. The van der Waals surface area contributed by atoms with E-state index in [0.717, 1.165) is 5.52 Å². The van der Waals surface area contributed by atoms with Crippen molar-refractivity contribution in [3.8, 4) is 11.8 Å². The number of nitrogens with two attached hydrogens (primary N) is 1. The van der Waals surface area contributed by atoms with Gasteiger partial charge in [0.25, 0.3) is 0 Å². The van der Waals surface area contributed by atoms with E-state index in [1.54, 1.807) is 25.1 Å². The van der Waals surface area contributed by atoms with E-state index in [0.29, 0.717) is 17.5 Å². The van der Waals surface area contributed by atoms with E-state index < -0.39 is 10.0 Å². The summed E-state index contributed by atoms with van der Waals surface area (Å²) in [5.74, 6) is 5.53. The molecule has 0 saturated heterocycles. The van der Waals surface area contributed by atoms with E-state index in [-0.39, 0.29) is 11.4 Å². The zero-order chi connectivity index (χ0) is 13.9. The molecule has 0 atom stereocenters. The molecule has 0 fully saturated rings. The Balaban J connectivity index is 2.31. The van der Waals surface area contributed by atoms with Crippen LogP contribution in [-0.4, -0.2) is 19.9 Å². The van der Waals surface area contributed by atoms with Crippen LogP contribution in [0.2, 0.25) is 0 Å². The highest BCUT2D eigenvalue weighted by Gasteiger charge is 2.18. The number of hydrogen-bond donors (Lipinski definition) is 3. The monoisotopic (exact) mass is 277 g/mol. The van der Waals surface area contributed by atoms with Crippen molar-refractivity contribution >= 4 is 26.6 Å². The molecule has 4 N–H and O–H groups in total. The summed E-state index contributed by atoms with van der Waals surface area (Å²) >= 11 is 0. The lowest BCUT2D eigenvalue weighted by molar-refractivity contribution is 0.583. The van der Waals surface area contributed by atoms with Gasteiger partial charge in [-0.05, 0) is 25.1 Å². The Kier molecular flexibility index (Phi) is 3.79. The first-order valence-electron chi connectivity index (χ1n) is 5.80. The minimum atomic E-state index is -3.55. The summed E-state index contributed by atoms with van der Waals surface area (Å²) < 4.78 is 26.8. The molecule has 0 radical (unpaired) electrons. The van der Waals surface area contributed by atoms with E-state index in [9.17, 15) is 8.42 Å². The fourth-order valence-corrected chi connectivity index (χ4v) is 2.98. The third-order valence-corrected chi connectivity index (χ3v) is 4.18. The van der Waals surface area contributed by atoms with Crippen LogP contribution in [0.4, 0.5) is 5.69 Å². The summed E-state index contributed by atoms with van der Waals surface area (Å²) in [5.41, 5.74) is 6.95. The van der Waals surface area contributed by atoms with E-state index in [2.05, 4.69) is 21.5 Å². The molecule has 6 heteroatoms. The van der Waals surface area contributed by atoms with Crippen molar-refractivity contribution in [1.29, 1.82) is 0 Å². The number of nitrogen functional groups attached to an aromatic ring is 1. The van der Waals surface area contributed by atoms with Gasteiger partial charge in [-0.1, -0.05) is 0 Å². The van der Waals surface area contributed by atoms with Gasteiger partial charge in [0, 0.05) is 35.8 Å². The predicted octanol–water partition coefficient (Wildman–Crippen LogP) is 1.44. The van der Waals surface area contributed by atoms with Crippen LogP contribution in [-0.2, 0) is 10.0 Å². The molecule has 0 aliphatic carbocycles. The van der Waals surface area contributed by atoms with E-state index in [1.165, 1.54) is 6.20 Å². The van der Waals surface area contributed by atoms with Gasteiger partial charge in [-0.25, -0.2) is 13.1 Å². The number of fused-ring (bicyclic) bond motifs is 1. The van der Waals surface area contributed by atoms with Crippen molar-refractivity contribution in [2.45, 2.75) is 18.2 Å². The number of hydrogen-bond acceptors (Lipinski definition) is 3. The summed E-state index contributed by atoms with van der Waals surface area (Å²) in [7, 11) is -3.55. The predicted molar refractivity (Wildman–Crippen MR) is 76.0 cm³/mol. The molecule has 0 bridgehead atoms. The summed E-state index contributed by atoms with van der Waals surface area (Å²) in [6.45, 7) is 2.01. The van der Waals surface area contributed by atoms with Crippen molar-refractivity contribution in [3.05, 3.63) is 24.4 Å². The first kappa shape index (κ1) is 13.5. The topological polar surface area (TPSA) is 88.0 Å². The average Bonchev–Trinajstić information content (AvgIpc) is 2.78. The van der Waals surface area contributed by atoms with Crippen LogP contribution >= 0.6 is 0 Å². The highest BCUT2D eigenvalue weighted by atomic mass is 32.2. The zero-order valence-corrected chi connectivity index (χ0v) is 11.3. The number of H-pyrrole nitrogens is 1. The quantitative estimate of drug-likeness (QED) is 0.449. The highest BCUT2D eigenvalue weighted by Crippen LogP contribution is 2.24. The molecule has 1 aromatic heterocycles. The number of benzene rings is 1. The Morgan fingerprint density at radius 1 is 1.42 bits per heavy atom. The van der Waals surface area contributed by atoms with Crippen molar-refractivity contribution in [2.75, 3.05) is 12.3 Å². The average molecular weight is 277 g/mol. The molecule has 0 aliphatic rings. The Morgan fingerprint density at radius 3 is 2.95 bits per heavy atom. The summed E-state index contributed by atoms with van der Waals surface area (Å²) in [5, 5.41) is 0.592. The third kappa shape index (κ3) is 2.89. The lowest BCUT2D eigenvalue weighted by Gasteiger charge is -2.04. The van der Waals surface area contributed by atoms with Crippen LogP contribution in [0, 0.1) is 11.8 Å². The summed E-state index contributed by atoms with van der Waals surface area (Å²) in [6.07, 6.45) is 1.96. The summed E-state index contributed by atoms with van der Waals surface area (Å²) in [4.78, 5) is 3.13. The fraction of sp³-hybridized carbons (Fsp3) is 0.231. The van der Waals surface area contributed by atoms with Crippen molar-refractivity contribution in [3.63, 3.8) is 0 Å². The number of anilines is 1. The third-order valence-electron chi connectivity index (χ3n) is 2.68. The van der Waals surface area contributed by atoms with Gasteiger partial charge in [-0.15, -0.1) is 11.8 Å². The van der Waals surface area contributed by atoms with Gasteiger partial charge in [0.05, 0.1) is 0 Å². The molecule has 0 amide bonds. The van der Waals surface area contributed by atoms with E-state index in [1.807, 2.05) is 0 Å². The SMILES string of the molecule is CC#CCCNS(=O)(=O)c1c[nH]c2ccc(N)cc12. The largest absolute Gasteiger partial charge is 0.399 e. The number of sulfonamides is 1. The number of aromatic amines is 1. The van der Waals surface area contributed by atoms with Gasteiger partial charge in [0.2, 0.25) is 10.0 Å². The molecule has 1 aromatic carbocycles. The van der Waals surface area contributed by atoms with Crippen molar-refractivity contribution in [2.24, 2.45) is 0 Å². The summed E-state index contributed by atoms with van der Waals surface area (Å²) in [6, 6.07) is 5.12. The Morgan fingerprint density at radius 2 is 2.21 bits per heavy atom. The molecule has 0 aliphatic heterocycles. The van der Waals surface area contributed by atoms with Gasteiger partial charge in [0.1, 0.15) is 4.90 Å². The molecule has 0 saturated carbocycles. The first-order chi connectivity index (χ1) is 9.04. The van der Waals surface area contributed by atoms with Gasteiger partial charge in [-0.3, -0.25) is 0 Å². The molecule has 100 valence electrons. The van der Waals surface area contributed by atoms with Crippen molar-refractivity contribution in [1.82, 2.24) is 9.71 Å². The number of aromatic nitrogens is 1. The maximum atomic E-state index is 12.2. The van der Waals surface area contributed by atoms with Gasteiger partial charge < -0.3 is 10.7 Å². The Labute approximate surface area is 112 Å². The van der Waals surface area contributed by atoms with Crippen LogP contribution < -0.4 is 10.5 Å². The molecular formula is C13H15N3O2S. The zero-order valence-electron chi connectivity index (χ0n) is 10.5. The highest BCUT2D eigenvalue weighted by molar-refractivity contribution is 7.89. The second-order valence-corrected chi connectivity index (χ2v) is 5.77.